The van der Waals surface area contributed by atoms with Crippen molar-refractivity contribution >= 4 is 5.97 Å². The highest BCUT2D eigenvalue weighted by Gasteiger charge is 2.66. The van der Waals surface area contributed by atoms with Crippen LogP contribution in [0.2, 0.25) is 0 Å². The van der Waals surface area contributed by atoms with E-state index in [1.807, 2.05) is 6.92 Å². The molecule has 1 saturated carbocycles. The number of aliphatic hydroxyl groups is 2. The lowest BCUT2D eigenvalue weighted by atomic mass is 9.46. The number of hydrogen-bond acceptors (Lipinski definition) is 4. The minimum atomic E-state index is -1.24. The summed E-state index contributed by atoms with van der Waals surface area (Å²) in [6, 6.07) is 0. The molecule has 0 spiro atoms. The summed E-state index contributed by atoms with van der Waals surface area (Å²) < 4.78 is 5.07. The number of esters is 1. The average molecular weight is 266 g/mol. The lowest BCUT2D eigenvalue weighted by molar-refractivity contribution is -0.172. The Balaban J connectivity index is 2.18. The molecule has 3 aliphatic rings. The molecule has 1 unspecified atom stereocenters. The average Bonchev–Trinajstić information content (AvgIpc) is 2.57. The Hall–Kier alpha value is -0.870. The van der Waals surface area contributed by atoms with Crippen LogP contribution in [0.5, 0.6) is 0 Å². The van der Waals surface area contributed by atoms with Gasteiger partial charge in [-0.2, -0.15) is 0 Å². The van der Waals surface area contributed by atoms with Crippen molar-refractivity contribution in [3.05, 3.63) is 11.6 Å². The van der Waals surface area contributed by atoms with Gasteiger partial charge in [-0.1, -0.05) is 27.2 Å². The Kier molecular flexibility index (Phi) is 2.50. The zero-order chi connectivity index (χ0) is 14.1. The standard InChI is InChI=1S/C15H22O4/c1-13(2)5-4-6-14(3)11(13)10(16)7-9-12(17)19-8-15(9,14)18/h7,10-11,16,18H,4-6,8H2,1-3H3/t10-,11+,14+,15?/m1/s1. The van der Waals surface area contributed by atoms with Crippen molar-refractivity contribution in [2.75, 3.05) is 6.61 Å². The van der Waals surface area contributed by atoms with Crippen molar-refractivity contribution in [1.29, 1.82) is 0 Å². The molecule has 4 heteroatoms. The highest BCUT2D eigenvalue weighted by Crippen LogP contribution is 2.62. The molecule has 19 heavy (non-hydrogen) atoms. The van der Waals surface area contributed by atoms with Crippen LogP contribution < -0.4 is 0 Å². The zero-order valence-corrected chi connectivity index (χ0v) is 11.8. The van der Waals surface area contributed by atoms with Crippen molar-refractivity contribution in [2.24, 2.45) is 16.7 Å². The van der Waals surface area contributed by atoms with Gasteiger partial charge in [0.1, 0.15) is 12.2 Å². The monoisotopic (exact) mass is 266 g/mol. The van der Waals surface area contributed by atoms with Gasteiger partial charge >= 0.3 is 5.97 Å². The molecular weight excluding hydrogens is 244 g/mol. The van der Waals surface area contributed by atoms with Gasteiger partial charge in [-0.25, -0.2) is 4.79 Å². The topological polar surface area (TPSA) is 66.8 Å². The smallest absolute Gasteiger partial charge is 0.336 e. The number of carbonyl (C=O) groups excluding carboxylic acids is 1. The van der Waals surface area contributed by atoms with E-state index in [2.05, 4.69) is 13.8 Å². The molecule has 3 rings (SSSR count). The molecule has 2 N–H and O–H groups in total. The van der Waals surface area contributed by atoms with Gasteiger partial charge in [-0.3, -0.25) is 0 Å². The second-order valence-electron chi connectivity index (χ2n) is 7.24. The first-order chi connectivity index (χ1) is 8.72. The molecule has 0 bridgehead atoms. The number of carbonyl (C=O) groups is 1. The van der Waals surface area contributed by atoms with E-state index in [1.165, 1.54) is 6.08 Å². The molecule has 4 atom stereocenters. The largest absolute Gasteiger partial charge is 0.459 e. The van der Waals surface area contributed by atoms with Gasteiger partial charge < -0.3 is 14.9 Å². The predicted molar refractivity (Wildman–Crippen MR) is 69.2 cm³/mol. The molecule has 0 radical (unpaired) electrons. The first-order valence-corrected chi connectivity index (χ1v) is 7.02. The number of cyclic esters (lactones) is 1. The molecule has 0 aromatic heterocycles. The fourth-order valence-corrected chi connectivity index (χ4v) is 4.83. The molecule has 1 aliphatic heterocycles. The second kappa shape index (κ2) is 3.61. The van der Waals surface area contributed by atoms with Crippen molar-refractivity contribution in [1.82, 2.24) is 0 Å². The van der Waals surface area contributed by atoms with Crippen LogP contribution in [0.25, 0.3) is 0 Å². The maximum absolute atomic E-state index is 11.8. The molecule has 106 valence electrons. The van der Waals surface area contributed by atoms with Crippen LogP contribution in [0.3, 0.4) is 0 Å². The molecule has 0 aromatic carbocycles. The zero-order valence-electron chi connectivity index (χ0n) is 11.8. The third kappa shape index (κ3) is 1.44. The van der Waals surface area contributed by atoms with Gasteiger partial charge in [0.15, 0.2) is 0 Å². The number of hydrogen-bond donors (Lipinski definition) is 2. The maximum atomic E-state index is 11.8. The summed E-state index contributed by atoms with van der Waals surface area (Å²) in [4.78, 5) is 11.8. The number of ether oxygens (including phenoxy) is 1. The van der Waals surface area contributed by atoms with Crippen molar-refractivity contribution in [3.8, 4) is 0 Å². The van der Waals surface area contributed by atoms with Crippen molar-refractivity contribution in [2.45, 2.75) is 51.7 Å². The molecule has 2 fully saturated rings. The van der Waals surface area contributed by atoms with Crippen LogP contribution in [0, 0.1) is 16.7 Å². The van der Waals surface area contributed by atoms with Gasteiger partial charge in [0.25, 0.3) is 0 Å². The summed E-state index contributed by atoms with van der Waals surface area (Å²) in [6.07, 6.45) is 3.66. The summed E-state index contributed by atoms with van der Waals surface area (Å²) in [6.45, 7) is 6.29. The first kappa shape index (κ1) is 13.1. The maximum Gasteiger partial charge on any atom is 0.336 e. The van der Waals surface area contributed by atoms with E-state index in [1.54, 1.807) is 0 Å². The van der Waals surface area contributed by atoms with E-state index >= 15 is 0 Å². The van der Waals surface area contributed by atoms with Gasteiger partial charge in [0.2, 0.25) is 0 Å². The molecular formula is C15H22O4. The van der Waals surface area contributed by atoms with E-state index in [-0.39, 0.29) is 23.5 Å². The Morgan fingerprint density at radius 2 is 2.00 bits per heavy atom. The fraction of sp³-hybridized carbons (Fsp3) is 0.800. The first-order valence-electron chi connectivity index (χ1n) is 7.02. The third-order valence-electron chi connectivity index (χ3n) is 5.75. The normalized spacial score (nSPS) is 48.1. The Bertz CT molecular complexity index is 467. The summed E-state index contributed by atoms with van der Waals surface area (Å²) in [5.74, 6) is -0.540. The summed E-state index contributed by atoms with van der Waals surface area (Å²) >= 11 is 0. The van der Waals surface area contributed by atoms with E-state index < -0.39 is 23.1 Å². The number of fused-ring (bicyclic) bond motifs is 3. The SMILES string of the molecule is CC1(C)CCC[C@@]2(C)[C@H]1[C@H](O)C=C1C(=O)OCC12O. The highest BCUT2D eigenvalue weighted by atomic mass is 16.6. The fourth-order valence-electron chi connectivity index (χ4n) is 4.83. The Labute approximate surface area is 113 Å². The summed E-state index contributed by atoms with van der Waals surface area (Å²) in [5.41, 5.74) is -1.55. The van der Waals surface area contributed by atoms with Crippen LogP contribution in [0.4, 0.5) is 0 Å². The molecule has 0 aromatic rings. The van der Waals surface area contributed by atoms with Gasteiger partial charge in [-0.05, 0) is 24.3 Å². The highest BCUT2D eigenvalue weighted by molar-refractivity contribution is 5.94. The van der Waals surface area contributed by atoms with Crippen LogP contribution in [-0.2, 0) is 9.53 Å². The minimum absolute atomic E-state index is 0.0213. The second-order valence-corrected chi connectivity index (χ2v) is 7.24. The Morgan fingerprint density at radius 1 is 1.32 bits per heavy atom. The summed E-state index contributed by atoms with van der Waals surface area (Å²) in [5, 5.41) is 21.5. The van der Waals surface area contributed by atoms with Gasteiger partial charge in [0.05, 0.1) is 11.7 Å². The van der Waals surface area contributed by atoms with Crippen LogP contribution in [0.15, 0.2) is 11.6 Å². The summed E-state index contributed by atoms with van der Waals surface area (Å²) in [7, 11) is 0. The lowest BCUT2D eigenvalue weighted by Gasteiger charge is -2.59. The van der Waals surface area contributed by atoms with Crippen LogP contribution >= 0.6 is 0 Å². The van der Waals surface area contributed by atoms with E-state index in [4.69, 9.17) is 4.74 Å². The van der Waals surface area contributed by atoms with Gasteiger partial charge in [0, 0.05) is 11.3 Å². The number of rotatable bonds is 0. The quantitative estimate of drug-likeness (QED) is 0.651. The van der Waals surface area contributed by atoms with Crippen LogP contribution in [-0.4, -0.2) is 34.5 Å². The lowest BCUT2D eigenvalue weighted by Crippen LogP contribution is -2.63. The van der Waals surface area contributed by atoms with E-state index in [0.717, 1.165) is 19.3 Å². The predicted octanol–water partition coefficient (Wildman–Crippen LogP) is 1.41. The van der Waals surface area contributed by atoms with Crippen molar-refractivity contribution < 1.29 is 19.7 Å². The number of aliphatic hydroxyl groups excluding tert-OH is 1. The molecule has 1 saturated heterocycles. The molecule has 1 heterocycles. The minimum Gasteiger partial charge on any atom is -0.459 e. The van der Waals surface area contributed by atoms with Gasteiger partial charge in [-0.15, -0.1) is 0 Å². The van der Waals surface area contributed by atoms with E-state index in [9.17, 15) is 15.0 Å². The third-order valence-corrected chi connectivity index (χ3v) is 5.75. The molecule has 4 nitrogen and oxygen atoms in total. The Morgan fingerprint density at radius 3 is 2.68 bits per heavy atom. The van der Waals surface area contributed by atoms with Crippen molar-refractivity contribution in [3.63, 3.8) is 0 Å². The van der Waals surface area contributed by atoms with Crippen LogP contribution in [0.1, 0.15) is 40.0 Å². The van der Waals surface area contributed by atoms with E-state index in [0.29, 0.717) is 0 Å². The molecule has 2 aliphatic carbocycles. The molecule has 0 amide bonds.